The second-order valence-corrected chi connectivity index (χ2v) is 10.1. The second-order valence-electron chi connectivity index (χ2n) is 9.05. The molecule has 2 aromatic rings. The monoisotopic (exact) mass is 397 g/mol. The van der Waals surface area contributed by atoms with E-state index in [9.17, 15) is 4.79 Å². The number of urea groups is 1. The van der Waals surface area contributed by atoms with Crippen molar-refractivity contribution in [2.24, 2.45) is 5.92 Å². The van der Waals surface area contributed by atoms with Crippen LogP contribution < -0.4 is 5.32 Å². The number of hydrogen-bond acceptors (Lipinski definition) is 2. The first-order valence-electron chi connectivity index (χ1n) is 11.0. The first-order chi connectivity index (χ1) is 13.6. The maximum absolute atomic E-state index is 13.5. The van der Waals surface area contributed by atoms with E-state index in [0.29, 0.717) is 12.0 Å². The number of nitrogens with zero attached hydrogens (tertiary/aromatic N) is 2. The number of nitrogens with one attached hydrogen (secondary N) is 1. The Morgan fingerprint density at radius 2 is 1.93 bits per heavy atom. The first kappa shape index (κ1) is 18.3. The van der Waals surface area contributed by atoms with Gasteiger partial charge in [-0.1, -0.05) is 26.7 Å². The van der Waals surface area contributed by atoms with Gasteiger partial charge in [0.25, 0.3) is 0 Å². The van der Waals surface area contributed by atoms with Crippen LogP contribution >= 0.6 is 11.3 Å². The number of amides is 2. The molecule has 1 N–H and O–H groups in total. The topological polar surface area (TPSA) is 37.3 Å². The average molecular weight is 398 g/mol. The highest BCUT2D eigenvalue weighted by Crippen LogP contribution is 2.44. The number of fused-ring (bicyclic) bond motifs is 5. The zero-order valence-corrected chi connectivity index (χ0v) is 17.9. The van der Waals surface area contributed by atoms with E-state index in [4.69, 9.17) is 0 Å². The van der Waals surface area contributed by atoms with Crippen LogP contribution in [0.1, 0.15) is 80.1 Å². The van der Waals surface area contributed by atoms with Crippen LogP contribution in [-0.2, 0) is 19.4 Å². The average Bonchev–Trinajstić information content (AvgIpc) is 3.40. The lowest BCUT2D eigenvalue weighted by Gasteiger charge is -2.34. The molecule has 28 heavy (non-hydrogen) atoms. The van der Waals surface area contributed by atoms with Crippen LogP contribution in [0, 0.1) is 5.92 Å². The Morgan fingerprint density at radius 1 is 1.14 bits per heavy atom. The van der Waals surface area contributed by atoms with Crippen molar-refractivity contribution in [2.75, 3.05) is 0 Å². The summed E-state index contributed by atoms with van der Waals surface area (Å²) in [5.74, 6) is 0.368. The molecular formula is C23H31N3OS. The van der Waals surface area contributed by atoms with Gasteiger partial charge in [-0.25, -0.2) is 4.79 Å². The molecule has 150 valence electrons. The molecule has 1 saturated carbocycles. The quantitative estimate of drug-likeness (QED) is 0.705. The molecule has 1 aliphatic heterocycles. The minimum atomic E-state index is 0.107. The van der Waals surface area contributed by atoms with Crippen LogP contribution in [0.2, 0.25) is 0 Å². The van der Waals surface area contributed by atoms with Gasteiger partial charge < -0.3 is 14.8 Å². The van der Waals surface area contributed by atoms with Crippen LogP contribution in [0.5, 0.6) is 0 Å². The normalized spacial score (nSPS) is 22.0. The summed E-state index contributed by atoms with van der Waals surface area (Å²) in [4.78, 5) is 17.2. The summed E-state index contributed by atoms with van der Waals surface area (Å²) in [5, 5.41) is 4.72. The molecule has 0 saturated heterocycles. The van der Waals surface area contributed by atoms with E-state index in [1.807, 2.05) is 11.3 Å². The highest BCUT2D eigenvalue weighted by atomic mass is 32.1. The van der Waals surface area contributed by atoms with Crippen LogP contribution in [0.25, 0.3) is 5.00 Å². The Balaban J connectivity index is 1.58. The summed E-state index contributed by atoms with van der Waals surface area (Å²) in [5.41, 5.74) is 4.20. The molecule has 0 spiro atoms. The Kier molecular flexibility index (Phi) is 4.74. The maximum Gasteiger partial charge on any atom is 0.318 e. The molecule has 1 atom stereocenters. The van der Waals surface area contributed by atoms with Crippen molar-refractivity contribution in [3.05, 3.63) is 40.0 Å². The van der Waals surface area contributed by atoms with Gasteiger partial charge in [0.15, 0.2) is 0 Å². The summed E-state index contributed by atoms with van der Waals surface area (Å²) in [6, 6.07) is 4.95. The van der Waals surface area contributed by atoms with Gasteiger partial charge in [-0.05, 0) is 62.1 Å². The summed E-state index contributed by atoms with van der Waals surface area (Å²) in [6.45, 7) is 5.23. The number of rotatable bonds is 2. The highest BCUT2D eigenvalue weighted by Gasteiger charge is 2.37. The number of carbonyl (C=O) groups is 1. The lowest BCUT2D eigenvalue weighted by molar-refractivity contribution is 0.146. The Labute approximate surface area is 171 Å². The summed E-state index contributed by atoms with van der Waals surface area (Å²) in [6.07, 6.45) is 11.9. The van der Waals surface area contributed by atoms with Gasteiger partial charge in [-0.15, -0.1) is 11.3 Å². The fourth-order valence-electron chi connectivity index (χ4n) is 5.45. The first-order valence-corrected chi connectivity index (χ1v) is 11.8. The Morgan fingerprint density at radius 3 is 2.71 bits per heavy atom. The minimum Gasteiger partial charge on any atom is -0.335 e. The lowest BCUT2D eigenvalue weighted by atomic mass is 9.94. The molecule has 4 nitrogen and oxygen atoms in total. The summed E-state index contributed by atoms with van der Waals surface area (Å²) < 4.78 is 2.38. The number of carbonyl (C=O) groups excluding carboxylic acids is 1. The number of hydrogen-bond donors (Lipinski definition) is 1. The molecule has 0 radical (unpaired) electrons. The van der Waals surface area contributed by atoms with Crippen molar-refractivity contribution in [3.8, 4) is 5.00 Å². The third-order valence-corrected chi connectivity index (χ3v) is 8.13. The molecule has 0 bridgehead atoms. The van der Waals surface area contributed by atoms with Gasteiger partial charge in [0.05, 0.1) is 12.6 Å². The van der Waals surface area contributed by atoms with Crippen molar-refractivity contribution in [2.45, 2.75) is 83.8 Å². The van der Waals surface area contributed by atoms with Gasteiger partial charge in [0.2, 0.25) is 0 Å². The van der Waals surface area contributed by atoms with Crippen molar-refractivity contribution in [1.82, 2.24) is 14.8 Å². The van der Waals surface area contributed by atoms with Gasteiger partial charge in [-0.2, -0.15) is 0 Å². The second kappa shape index (κ2) is 7.25. The van der Waals surface area contributed by atoms with E-state index in [1.54, 1.807) is 4.88 Å². The van der Waals surface area contributed by atoms with Crippen LogP contribution in [0.4, 0.5) is 4.79 Å². The van der Waals surface area contributed by atoms with E-state index in [1.165, 1.54) is 60.3 Å². The number of aryl methyl sites for hydroxylation is 1. The molecule has 1 fully saturated rings. The molecule has 0 aromatic carbocycles. The van der Waals surface area contributed by atoms with Crippen molar-refractivity contribution >= 4 is 17.4 Å². The lowest BCUT2D eigenvalue weighted by Crippen LogP contribution is -2.46. The van der Waals surface area contributed by atoms with Gasteiger partial charge in [-0.3, -0.25) is 0 Å². The Bertz CT molecular complexity index is 875. The third kappa shape index (κ3) is 2.99. The van der Waals surface area contributed by atoms with E-state index in [0.717, 1.165) is 19.4 Å². The van der Waals surface area contributed by atoms with Crippen LogP contribution in [0.15, 0.2) is 18.3 Å². The maximum atomic E-state index is 13.5. The van der Waals surface area contributed by atoms with E-state index in [2.05, 4.69) is 47.0 Å². The zero-order chi connectivity index (χ0) is 19.3. The molecule has 2 aromatic heterocycles. The van der Waals surface area contributed by atoms with Crippen molar-refractivity contribution < 1.29 is 4.79 Å². The zero-order valence-electron chi connectivity index (χ0n) is 17.0. The van der Waals surface area contributed by atoms with E-state index >= 15 is 0 Å². The van der Waals surface area contributed by atoms with Crippen LogP contribution in [0.3, 0.4) is 0 Å². The molecule has 1 unspecified atom stereocenters. The van der Waals surface area contributed by atoms with Gasteiger partial charge in [0.1, 0.15) is 5.00 Å². The largest absolute Gasteiger partial charge is 0.335 e. The molecule has 5 rings (SSSR count). The molecule has 3 aliphatic rings. The van der Waals surface area contributed by atoms with E-state index < -0.39 is 0 Å². The Hall–Kier alpha value is -1.75. The molecule has 2 amide bonds. The molecule has 5 heteroatoms. The minimum absolute atomic E-state index is 0.107. The third-order valence-electron chi connectivity index (χ3n) is 6.80. The smallest absolute Gasteiger partial charge is 0.318 e. The SMILES string of the molecule is CC(C)C1c2cccn2-c2sc3c(c2CN1C(=O)NC1CCCC1)CCCC3. The predicted octanol–water partition coefficient (Wildman–Crippen LogP) is 5.58. The number of thiophene rings is 1. The summed E-state index contributed by atoms with van der Waals surface area (Å²) in [7, 11) is 0. The fourth-order valence-corrected chi connectivity index (χ4v) is 6.85. The molecule has 2 aliphatic carbocycles. The van der Waals surface area contributed by atoms with E-state index in [-0.39, 0.29) is 12.1 Å². The molecular weight excluding hydrogens is 366 g/mol. The number of aromatic nitrogens is 1. The van der Waals surface area contributed by atoms with Gasteiger partial charge in [0, 0.05) is 28.4 Å². The highest BCUT2D eigenvalue weighted by molar-refractivity contribution is 7.15. The molecule has 3 heterocycles. The van der Waals surface area contributed by atoms with Crippen molar-refractivity contribution in [1.29, 1.82) is 0 Å². The van der Waals surface area contributed by atoms with Crippen LogP contribution in [-0.4, -0.2) is 21.5 Å². The predicted molar refractivity (Wildman–Crippen MR) is 114 cm³/mol. The fraction of sp³-hybridized carbons (Fsp3) is 0.609. The van der Waals surface area contributed by atoms with Gasteiger partial charge >= 0.3 is 6.03 Å². The van der Waals surface area contributed by atoms with Crippen molar-refractivity contribution in [3.63, 3.8) is 0 Å². The summed E-state index contributed by atoms with van der Waals surface area (Å²) >= 11 is 1.96. The standard InChI is InChI=1S/C23H31N3OS/c1-15(2)21-19-11-7-13-25(19)22-18(17-10-5-6-12-20(17)28-22)14-26(21)23(27)24-16-8-3-4-9-16/h7,11,13,15-16,21H,3-6,8-10,12,14H2,1-2H3,(H,24,27).